The van der Waals surface area contributed by atoms with Gasteiger partial charge in [0.1, 0.15) is 0 Å². The van der Waals surface area contributed by atoms with E-state index in [4.69, 9.17) is 0 Å². The summed E-state index contributed by atoms with van der Waals surface area (Å²) in [4.78, 5) is 0. The maximum absolute atomic E-state index is 3.14. The van der Waals surface area contributed by atoms with E-state index in [1.54, 1.807) is 0 Å². The third-order valence-electron chi connectivity index (χ3n) is 0.986. The van der Waals surface area contributed by atoms with Crippen LogP contribution in [0.25, 0.3) is 0 Å². The Morgan fingerprint density at radius 1 is 1.50 bits per heavy atom. The zero-order chi connectivity index (χ0) is 6.41. The molecule has 0 radical (unpaired) electrons. The molecule has 0 spiro atoms. The highest BCUT2D eigenvalue weighted by Gasteiger charge is 2.17. The van der Waals surface area contributed by atoms with Gasteiger partial charge in [-0.3, -0.25) is 0 Å². The van der Waals surface area contributed by atoms with Gasteiger partial charge < -0.3 is 5.32 Å². The minimum absolute atomic E-state index is 0. The van der Waals surface area contributed by atoms with Crippen molar-refractivity contribution < 1.29 is 1.43 Å². The number of rotatable bonds is 1. The Morgan fingerprint density at radius 3 is 1.88 bits per heavy atom. The van der Waals surface area contributed by atoms with Gasteiger partial charge in [-0.05, 0) is 19.9 Å². The summed E-state index contributed by atoms with van der Waals surface area (Å²) in [5, 5.41) is 3.14. The van der Waals surface area contributed by atoms with Crippen LogP contribution in [0.3, 0.4) is 0 Å². The van der Waals surface area contributed by atoms with Crippen LogP contribution in [-0.2, 0) is 0 Å². The van der Waals surface area contributed by atoms with Gasteiger partial charge in [-0.25, -0.2) is 0 Å². The van der Waals surface area contributed by atoms with Gasteiger partial charge in [0, 0.05) is 7.47 Å². The highest BCUT2D eigenvalue weighted by molar-refractivity contribution is 4.78. The van der Waals surface area contributed by atoms with Gasteiger partial charge in [-0.15, -0.1) is 0 Å². The molecule has 0 atom stereocenters. The van der Waals surface area contributed by atoms with E-state index in [9.17, 15) is 0 Å². The number of nitrogens with one attached hydrogen (secondary N) is 1. The van der Waals surface area contributed by atoms with Gasteiger partial charge in [0.15, 0.2) is 0 Å². The van der Waals surface area contributed by atoms with Crippen LogP contribution in [0.4, 0.5) is 0 Å². The van der Waals surface area contributed by atoms with Crippen molar-refractivity contribution in [1.82, 2.24) is 5.32 Å². The second-order valence-corrected chi connectivity index (χ2v) is 2.27. The van der Waals surface area contributed by atoms with E-state index in [0.717, 1.165) is 6.04 Å². The van der Waals surface area contributed by atoms with E-state index < -0.39 is 0 Å². The molecule has 1 aliphatic rings. The molecule has 0 aliphatic heterocycles. The van der Waals surface area contributed by atoms with Crippen molar-refractivity contribution >= 4 is 0 Å². The van der Waals surface area contributed by atoms with Gasteiger partial charge in [-0.1, -0.05) is 20.3 Å². The summed E-state index contributed by atoms with van der Waals surface area (Å²) in [5.41, 5.74) is 0. The van der Waals surface area contributed by atoms with Crippen LogP contribution in [0.1, 0.15) is 34.5 Å². The molecule has 0 saturated heterocycles. The van der Waals surface area contributed by atoms with E-state index >= 15 is 0 Å². The second kappa shape index (κ2) is 5.10. The quantitative estimate of drug-likeness (QED) is 0.554. The summed E-state index contributed by atoms with van der Waals surface area (Å²) in [5.74, 6) is 0. The molecule has 0 unspecified atom stereocenters. The molecule has 1 aliphatic carbocycles. The van der Waals surface area contributed by atoms with Gasteiger partial charge in [0.2, 0.25) is 0 Å². The fraction of sp³-hybridized carbons (Fsp3) is 1.00. The average Bonchev–Trinajstić information content (AvgIpc) is 2.48. The standard InChI is InChI=1S/C4H9N.C3H8.H2/c1-5-4-2-3-4;1-3-2;/h4-5H,2-3H2,1H3;3H2,1-2H3;1H. The van der Waals surface area contributed by atoms with Crippen molar-refractivity contribution in [3.63, 3.8) is 0 Å². The minimum Gasteiger partial charge on any atom is -0.317 e. The van der Waals surface area contributed by atoms with Gasteiger partial charge >= 0.3 is 0 Å². The minimum atomic E-state index is 0. The van der Waals surface area contributed by atoms with Crippen molar-refractivity contribution in [3.8, 4) is 0 Å². The molecule has 8 heavy (non-hydrogen) atoms. The first-order valence-electron chi connectivity index (χ1n) is 3.52. The van der Waals surface area contributed by atoms with Crippen molar-refractivity contribution in [3.05, 3.63) is 0 Å². The molecule has 0 aromatic rings. The predicted octanol–water partition coefficient (Wildman–Crippen LogP) is 2.03. The molecular weight excluding hydrogens is 98.1 g/mol. The molecule has 0 aromatic heterocycles. The normalized spacial score (nSPS) is 16.9. The van der Waals surface area contributed by atoms with E-state index in [-0.39, 0.29) is 1.43 Å². The summed E-state index contributed by atoms with van der Waals surface area (Å²) in [7, 11) is 2.01. The molecular formula is C7H19N. The van der Waals surface area contributed by atoms with E-state index in [0.29, 0.717) is 0 Å². The molecule has 1 N–H and O–H groups in total. The monoisotopic (exact) mass is 117 g/mol. The zero-order valence-electron chi connectivity index (χ0n) is 6.20. The van der Waals surface area contributed by atoms with Crippen molar-refractivity contribution in [2.75, 3.05) is 7.05 Å². The van der Waals surface area contributed by atoms with E-state index in [1.165, 1.54) is 19.3 Å². The van der Waals surface area contributed by atoms with Crippen LogP contribution in [0.2, 0.25) is 0 Å². The fourth-order valence-corrected chi connectivity index (χ4v) is 0.372. The molecule has 1 nitrogen and oxygen atoms in total. The van der Waals surface area contributed by atoms with Crippen molar-refractivity contribution in [1.29, 1.82) is 0 Å². The summed E-state index contributed by atoms with van der Waals surface area (Å²) >= 11 is 0. The van der Waals surface area contributed by atoms with Crippen molar-refractivity contribution in [2.45, 2.75) is 39.2 Å². The van der Waals surface area contributed by atoms with Crippen LogP contribution in [-0.4, -0.2) is 13.1 Å². The maximum Gasteiger partial charge on any atom is 0.00652 e. The molecule has 52 valence electrons. The first-order valence-corrected chi connectivity index (χ1v) is 3.52. The largest absolute Gasteiger partial charge is 0.317 e. The SMILES string of the molecule is CCC.CNC1CC1.[HH]. The van der Waals surface area contributed by atoms with Crippen LogP contribution in [0.5, 0.6) is 0 Å². The summed E-state index contributed by atoms with van der Waals surface area (Å²) in [6.07, 6.45) is 4.05. The Morgan fingerprint density at radius 2 is 1.88 bits per heavy atom. The topological polar surface area (TPSA) is 12.0 Å². The third-order valence-corrected chi connectivity index (χ3v) is 0.986. The Balaban J connectivity index is 0. The Labute approximate surface area is 54.0 Å². The maximum atomic E-state index is 3.14. The molecule has 1 saturated carbocycles. The lowest BCUT2D eigenvalue weighted by Gasteiger charge is -1.80. The molecule has 0 aromatic carbocycles. The first-order chi connectivity index (χ1) is 3.85. The average molecular weight is 117 g/mol. The lowest BCUT2D eigenvalue weighted by Crippen LogP contribution is -2.06. The fourth-order valence-electron chi connectivity index (χ4n) is 0.372. The molecule has 0 bridgehead atoms. The molecule has 0 heterocycles. The molecule has 1 heteroatoms. The van der Waals surface area contributed by atoms with Gasteiger partial charge in [-0.2, -0.15) is 0 Å². The first kappa shape index (κ1) is 7.96. The lowest BCUT2D eigenvalue weighted by molar-refractivity contribution is 0.811. The number of hydrogen-bond donors (Lipinski definition) is 1. The highest BCUT2D eigenvalue weighted by Crippen LogP contribution is 2.16. The van der Waals surface area contributed by atoms with Crippen LogP contribution < -0.4 is 5.32 Å². The van der Waals surface area contributed by atoms with Crippen LogP contribution in [0.15, 0.2) is 0 Å². The van der Waals surface area contributed by atoms with Crippen LogP contribution >= 0.6 is 0 Å². The number of hydrogen-bond acceptors (Lipinski definition) is 1. The third kappa shape index (κ3) is 5.96. The second-order valence-electron chi connectivity index (χ2n) is 2.27. The summed E-state index contributed by atoms with van der Waals surface area (Å²) in [6.45, 7) is 4.25. The molecule has 1 rings (SSSR count). The van der Waals surface area contributed by atoms with Gasteiger partial charge in [0.25, 0.3) is 0 Å². The van der Waals surface area contributed by atoms with Gasteiger partial charge in [0.05, 0.1) is 0 Å². The highest BCUT2D eigenvalue weighted by atomic mass is 14.9. The van der Waals surface area contributed by atoms with Crippen molar-refractivity contribution in [2.24, 2.45) is 0 Å². The molecule has 1 fully saturated rings. The summed E-state index contributed by atoms with van der Waals surface area (Å²) < 4.78 is 0. The summed E-state index contributed by atoms with van der Waals surface area (Å²) in [6, 6.07) is 0.884. The van der Waals surface area contributed by atoms with E-state index in [1.807, 2.05) is 7.05 Å². The lowest BCUT2D eigenvalue weighted by atomic mass is 10.6. The Kier molecular flexibility index (Phi) is 5.08. The predicted molar refractivity (Wildman–Crippen MR) is 40.2 cm³/mol. The van der Waals surface area contributed by atoms with Crippen LogP contribution in [0, 0.1) is 0 Å². The zero-order valence-corrected chi connectivity index (χ0v) is 6.20. The Bertz CT molecular complexity index is 44.2. The van der Waals surface area contributed by atoms with E-state index in [2.05, 4.69) is 19.2 Å². The molecule has 0 amide bonds. The Hall–Kier alpha value is -0.0400. The smallest absolute Gasteiger partial charge is 0.00652 e.